The van der Waals surface area contributed by atoms with Gasteiger partial charge in [0.25, 0.3) is 17.7 Å². The Morgan fingerprint density at radius 1 is 0.919 bits per heavy atom. The molecular weight excluding hydrogens is 474 g/mol. The SMILES string of the molecule is CCOc1ccc(N2C(=O)c3ccc(C(=O)OCC(=O)Nc4cccc5ncccc45)cc3C2=O)cc1. The summed E-state index contributed by atoms with van der Waals surface area (Å²) in [6, 6.07) is 19.6. The van der Waals surface area contributed by atoms with Crippen molar-refractivity contribution >= 4 is 46.0 Å². The lowest BCUT2D eigenvalue weighted by Crippen LogP contribution is -2.29. The van der Waals surface area contributed by atoms with Gasteiger partial charge in [-0.25, -0.2) is 9.69 Å². The number of aromatic nitrogens is 1. The number of rotatable bonds is 7. The number of ether oxygens (including phenoxy) is 2. The number of amides is 3. The molecule has 0 fully saturated rings. The zero-order valence-corrected chi connectivity index (χ0v) is 19.8. The highest BCUT2D eigenvalue weighted by Crippen LogP contribution is 2.30. The van der Waals surface area contributed by atoms with Crippen molar-refractivity contribution in [2.24, 2.45) is 0 Å². The number of imide groups is 1. The fourth-order valence-electron chi connectivity index (χ4n) is 4.07. The summed E-state index contributed by atoms with van der Waals surface area (Å²) in [5.41, 5.74) is 1.96. The second-order valence-corrected chi connectivity index (χ2v) is 8.13. The van der Waals surface area contributed by atoms with Crippen LogP contribution in [0.5, 0.6) is 5.75 Å². The van der Waals surface area contributed by atoms with Gasteiger partial charge >= 0.3 is 5.97 Å². The maximum atomic E-state index is 13.0. The van der Waals surface area contributed by atoms with Gasteiger partial charge in [0, 0.05) is 11.6 Å². The maximum absolute atomic E-state index is 13.0. The largest absolute Gasteiger partial charge is 0.494 e. The number of benzene rings is 3. The first-order valence-electron chi connectivity index (χ1n) is 11.5. The number of nitrogens with zero attached hydrogens (tertiary/aromatic N) is 2. The Hall–Kier alpha value is -5.05. The molecular formula is C28H21N3O6. The molecule has 5 rings (SSSR count). The summed E-state index contributed by atoms with van der Waals surface area (Å²) in [5.74, 6) is -1.75. The average Bonchev–Trinajstić information content (AvgIpc) is 3.17. The molecule has 37 heavy (non-hydrogen) atoms. The van der Waals surface area contributed by atoms with Crippen molar-refractivity contribution in [2.75, 3.05) is 23.4 Å². The zero-order valence-electron chi connectivity index (χ0n) is 19.8. The van der Waals surface area contributed by atoms with Crippen LogP contribution in [-0.4, -0.2) is 41.9 Å². The van der Waals surface area contributed by atoms with Gasteiger partial charge in [-0.2, -0.15) is 0 Å². The van der Waals surface area contributed by atoms with E-state index in [0.29, 0.717) is 29.2 Å². The summed E-state index contributed by atoms with van der Waals surface area (Å²) in [6.45, 7) is 1.82. The van der Waals surface area contributed by atoms with Crippen molar-refractivity contribution in [3.8, 4) is 5.75 Å². The lowest BCUT2D eigenvalue weighted by molar-refractivity contribution is -0.119. The fraction of sp³-hybridized carbons (Fsp3) is 0.107. The molecule has 1 N–H and O–H groups in total. The normalized spacial score (nSPS) is 12.4. The second-order valence-electron chi connectivity index (χ2n) is 8.13. The first kappa shape index (κ1) is 23.7. The number of hydrogen-bond donors (Lipinski definition) is 1. The molecule has 4 aromatic rings. The van der Waals surface area contributed by atoms with E-state index in [9.17, 15) is 19.2 Å². The summed E-state index contributed by atoms with van der Waals surface area (Å²) in [5, 5.41) is 3.46. The van der Waals surface area contributed by atoms with Gasteiger partial charge < -0.3 is 14.8 Å². The third-order valence-electron chi connectivity index (χ3n) is 5.78. The fourth-order valence-corrected chi connectivity index (χ4v) is 4.07. The molecule has 184 valence electrons. The molecule has 3 amide bonds. The highest BCUT2D eigenvalue weighted by atomic mass is 16.5. The van der Waals surface area contributed by atoms with Crippen molar-refractivity contribution in [3.05, 3.63) is 95.7 Å². The molecule has 1 aromatic heterocycles. The van der Waals surface area contributed by atoms with Crippen LogP contribution in [-0.2, 0) is 9.53 Å². The van der Waals surface area contributed by atoms with E-state index in [1.54, 1.807) is 48.7 Å². The third kappa shape index (κ3) is 4.62. The smallest absolute Gasteiger partial charge is 0.338 e. The summed E-state index contributed by atoms with van der Waals surface area (Å²) < 4.78 is 10.6. The van der Waals surface area contributed by atoms with Crippen molar-refractivity contribution in [3.63, 3.8) is 0 Å². The van der Waals surface area contributed by atoms with Crippen molar-refractivity contribution in [2.45, 2.75) is 6.92 Å². The van der Waals surface area contributed by atoms with E-state index >= 15 is 0 Å². The Kier molecular flexibility index (Phi) is 6.34. The average molecular weight is 495 g/mol. The van der Waals surface area contributed by atoms with Crippen molar-refractivity contribution in [1.29, 1.82) is 0 Å². The van der Waals surface area contributed by atoms with Gasteiger partial charge in [0.05, 0.1) is 40.2 Å². The maximum Gasteiger partial charge on any atom is 0.338 e. The highest BCUT2D eigenvalue weighted by Gasteiger charge is 2.37. The number of esters is 1. The van der Waals surface area contributed by atoms with E-state index in [2.05, 4.69) is 10.3 Å². The summed E-state index contributed by atoms with van der Waals surface area (Å²) in [4.78, 5) is 56.2. The van der Waals surface area contributed by atoms with Crippen LogP contribution >= 0.6 is 0 Å². The first-order chi connectivity index (χ1) is 18.0. The lowest BCUT2D eigenvalue weighted by atomic mass is 10.1. The number of fused-ring (bicyclic) bond motifs is 2. The molecule has 1 aliphatic rings. The first-order valence-corrected chi connectivity index (χ1v) is 11.5. The van der Waals surface area contributed by atoms with E-state index in [1.807, 2.05) is 19.1 Å². The number of nitrogens with one attached hydrogen (secondary N) is 1. The summed E-state index contributed by atoms with van der Waals surface area (Å²) in [6.07, 6.45) is 1.65. The molecule has 0 saturated carbocycles. The molecule has 0 atom stereocenters. The zero-order chi connectivity index (χ0) is 25.9. The van der Waals surface area contributed by atoms with Crippen molar-refractivity contribution < 1.29 is 28.7 Å². The Bertz CT molecular complexity index is 1540. The molecule has 0 radical (unpaired) electrons. The number of pyridine rings is 1. The topological polar surface area (TPSA) is 115 Å². The molecule has 2 heterocycles. The molecule has 0 saturated heterocycles. The number of hydrogen-bond acceptors (Lipinski definition) is 7. The van der Waals surface area contributed by atoms with Gasteiger partial charge in [-0.1, -0.05) is 6.07 Å². The minimum absolute atomic E-state index is 0.0515. The number of carbonyl (C=O) groups is 4. The monoisotopic (exact) mass is 495 g/mol. The van der Waals surface area contributed by atoms with Crippen LogP contribution in [0.3, 0.4) is 0 Å². The predicted octanol–water partition coefficient (Wildman–Crippen LogP) is 4.23. The Balaban J connectivity index is 1.26. The molecule has 0 aliphatic carbocycles. The number of anilines is 2. The van der Waals surface area contributed by atoms with Crippen LogP contribution in [0.1, 0.15) is 38.0 Å². The van der Waals surface area contributed by atoms with Crippen LogP contribution in [0.15, 0.2) is 79.0 Å². The quantitative estimate of drug-likeness (QED) is 0.301. The summed E-state index contributed by atoms with van der Waals surface area (Å²) >= 11 is 0. The Labute approximate surface area is 211 Å². The van der Waals surface area contributed by atoms with Crippen LogP contribution in [0.4, 0.5) is 11.4 Å². The predicted molar refractivity (Wildman–Crippen MR) is 136 cm³/mol. The van der Waals surface area contributed by atoms with Crippen LogP contribution in [0, 0.1) is 0 Å². The van der Waals surface area contributed by atoms with E-state index in [-0.39, 0.29) is 16.7 Å². The lowest BCUT2D eigenvalue weighted by Gasteiger charge is -2.14. The van der Waals surface area contributed by atoms with Gasteiger partial charge in [0.1, 0.15) is 5.75 Å². The van der Waals surface area contributed by atoms with Gasteiger partial charge in [-0.15, -0.1) is 0 Å². The molecule has 0 unspecified atom stereocenters. The van der Waals surface area contributed by atoms with Gasteiger partial charge in [-0.05, 0) is 73.7 Å². The minimum atomic E-state index is -0.794. The highest BCUT2D eigenvalue weighted by molar-refractivity contribution is 6.34. The standard InChI is InChI=1S/C28H21N3O6/c1-2-36-19-11-9-18(10-12-19)31-26(33)20-13-8-17(15-22(20)27(31)34)28(35)37-16-25(32)30-24-7-3-6-23-21(24)5-4-14-29-23/h3-15H,2,16H2,1H3,(H,30,32). The van der Waals surface area contributed by atoms with E-state index in [4.69, 9.17) is 9.47 Å². The molecule has 3 aromatic carbocycles. The van der Waals surface area contributed by atoms with Gasteiger partial charge in [0.15, 0.2) is 6.61 Å². The summed E-state index contributed by atoms with van der Waals surface area (Å²) in [7, 11) is 0. The van der Waals surface area contributed by atoms with Gasteiger partial charge in [-0.3, -0.25) is 19.4 Å². The Morgan fingerprint density at radius 2 is 1.70 bits per heavy atom. The van der Waals surface area contributed by atoms with Crippen molar-refractivity contribution in [1.82, 2.24) is 4.98 Å². The van der Waals surface area contributed by atoms with E-state index < -0.39 is 30.3 Å². The van der Waals surface area contributed by atoms with E-state index in [0.717, 1.165) is 10.3 Å². The Morgan fingerprint density at radius 3 is 2.49 bits per heavy atom. The molecule has 9 nitrogen and oxygen atoms in total. The molecule has 0 spiro atoms. The second kappa shape index (κ2) is 9.90. The molecule has 0 bridgehead atoms. The van der Waals surface area contributed by atoms with Crippen LogP contribution in [0.2, 0.25) is 0 Å². The van der Waals surface area contributed by atoms with Crippen LogP contribution < -0.4 is 15.0 Å². The van der Waals surface area contributed by atoms with E-state index in [1.165, 1.54) is 18.2 Å². The molecule has 9 heteroatoms. The number of carbonyl (C=O) groups excluding carboxylic acids is 4. The molecule has 1 aliphatic heterocycles. The third-order valence-corrected chi connectivity index (χ3v) is 5.78. The minimum Gasteiger partial charge on any atom is -0.494 e. The van der Waals surface area contributed by atoms with Gasteiger partial charge in [0.2, 0.25) is 0 Å². The van der Waals surface area contributed by atoms with Crippen LogP contribution in [0.25, 0.3) is 10.9 Å².